The highest BCUT2D eigenvalue weighted by molar-refractivity contribution is 5.86. The van der Waals surface area contributed by atoms with E-state index >= 15 is 4.39 Å². The highest BCUT2D eigenvalue weighted by Gasteiger charge is 2.25. The largest absolute Gasteiger partial charge is 0.490 e. The molecular formula is C36H45FO5. The van der Waals surface area contributed by atoms with E-state index < -0.39 is 11.4 Å². The van der Waals surface area contributed by atoms with Gasteiger partial charge in [-0.15, -0.1) is 0 Å². The lowest BCUT2D eigenvalue weighted by Crippen LogP contribution is -2.29. The van der Waals surface area contributed by atoms with Gasteiger partial charge in [0.2, 0.25) is 0 Å². The van der Waals surface area contributed by atoms with Crippen LogP contribution in [-0.2, 0) is 35.2 Å². The molecule has 5 nitrogen and oxygen atoms in total. The first-order chi connectivity index (χ1) is 20.2. The number of ether oxygens (including phenoxy) is 2. The molecule has 3 aromatic carbocycles. The molecule has 0 aromatic heterocycles. The van der Waals surface area contributed by atoms with Crippen molar-refractivity contribution >= 4 is 5.97 Å². The van der Waals surface area contributed by atoms with E-state index in [1.165, 1.54) is 5.56 Å². The van der Waals surface area contributed by atoms with Gasteiger partial charge in [-0.25, -0.2) is 9.18 Å². The van der Waals surface area contributed by atoms with Crippen molar-refractivity contribution in [3.05, 3.63) is 101 Å². The number of aryl methyl sites for hydroxylation is 4. The monoisotopic (exact) mass is 576 g/mol. The summed E-state index contributed by atoms with van der Waals surface area (Å²) in [6, 6.07) is 19.5. The third kappa shape index (κ3) is 9.27. The molecule has 0 atom stereocenters. The maximum absolute atomic E-state index is 15.3. The Morgan fingerprint density at radius 2 is 1.48 bits per heavy atom. The molecule has 0 bridgehead atoms. The number of esters is 1. The van der Waals surface area contributed by atoms with Crippen LogP contribution < -0.4 is 4.74 Å². The Kier molecular flexibility index (Phi) is 12.8. The fourth-order valence-corrected chi connectivity index (χ4v) is 5.02. The number of hydrogen-bond donors (Lipinski definition) is 2. The van der Waals surface area contributed by atoms with Gasteiger partial charge in [-0.1, -0.05) is 62.9 Å². The van der Waals surface area contributed by atoms with Gasteiger partial charge in [0.1, 0.15) is 24.8 Å². The first-order valence-corrected chi connectivity index (χ1v) is 14.9. The number of aliphatic hydroxyl groups is 2. The summed E-state index contributed by atoms with van der Waals surface area (Å²) in [5.41, 5.74) is 5.85. The quantitative estimate of drug-likeness (QED) is 0.102. The van der Waals surface area contributed by atoms with Gasteiger partial charge in [0, 0.05) is 16.6 Å². The molecule has 0 amide bonds. The molecule has 3 rings (SSSR count). The SMILES string of the molecule is C=C(C)C(=O)OCCOc1ccc(CCc2ccc(-c3ccc(CCCC(CC)(CO)CO)cc3CC)c(F)c2)cc1. The lowest BCUT2D eigenvalue weighted by Gasteiger charge is -2.28. The van der Waals surface area contributed by atoms with E-state index in [0.717, 1.165) is 67.2 Å². The number of carbonyl (C=O) groups is 1. The Morgan fingerprint density at radius 1 is 0.857 bits per heavy atom. The Bertz CT molecular complexity index is 1300. The van der Waals surface area contributed by atoms with E-state index in [0.29, 0.717) is 16.9 Å². The first kappa shape index (κ1) is 33.0. The molecule has 0 saturated heterocycles. The minimum atomic E-state index is -0.425. The second kappa shape index (κ2) is 16.2. The van der Waals surface area contributed by atoms with E-state index in [2.05, 4.69) is 25.6 Å². The maximum atomic E-state index is 15.3. The van der Waals surface area contributed by atoms with E-state index in [4.69, 9.17) is 9.47 Å². The van der Waals surface area contributed by atoms with Crippen molar-refractivity contribution in [2.45, 2.75) is 65.7 Å². The second-order valence-electron chi connectivity index (χ2n) is 11.1. The zero-order valence-corrected chi connectivity index (χ0v) is 25.3. The number of carbonyl (C=O) groups excluding carboxylic acids is 1. The molecule has 0 aliphatic carbocycles. The molecule has 42 heavy (non-hydrogen) atoms. The van der Waals surface area contributed by atoms with Crippen molar-refractivity contribution in [1.29, 1.82) is 0 Å². The summed E-state index contributed by atoms with van der Waals surface area (Å²) in [5, 5.41) is 19.4. The molecule has 0 aliphatic rings. The minimum Gasteiger partial charge on any atom is -0.490 e. The number of aliphatic hydroxyl groups excluding tert-OH is 2. The van der Waals surface area contributed by atoms with Crippen LogP contribution in [-0.4, -0.2) is 42.6 Å². The minimum absolute atomic E-state index is 0.00651. The average molecular weight is 577 g/mol. The van der Waals surface area contributed by atoms with Gasteiger partial charge in [-0.05, 0) is 97.9 Å². The summed E-state index contributed by atoms with van der Waals surface area (Å²) in [4.78, 5) is 11.4. The second-order valence-corrected chi connectivity index (χ2v) is 11.1. The maximum Gasteiger partial charge on any atom is 0.333 e. The summed E-state index contributed by atoms with van der Waals surface area (Å²) in [6.45, 7) is 9.65. The van der Waals surface area contributed by atoms with Gasteiger partial charge in [0.25, 0.3) is 0 Å². The average Bonchev–Trinajstić information content (AvgIpc) is 3.01. The molecule has 0 saturated carbocycles. The van der Waals surface area contributed by atoms with Gasteiger partial charge < -0.3 is 19.7 Å². The predicted molar refractivity (Wildman–Crippen MR) is 166 cm³/mol. The predicted octanol–water partition coefficient (Wildman–Crippen LogP) is 7.04. The van der Waals surface area contributed by atoms with E-state index in [1.807, 2.05) is 49.4 Å². The molecule has 6 heteroatoms. The Labute approximate surface area is 250 Å². The molecule has 0 heterocycles. The molecule has 0 fully saturated rings. The number of hydrogen-bond acceptors (Lipinski definition) is 5. The zero-order chi connectivity index (χ0) is 30.5. The molecule has 226 valence electrons. The van der Waals surface area contributed by atoms with Crippen LogP contribution in [0.3, 0.4) is 0 Å². The third-order valence-corrected chi connectivity index (χ3v) is 8.03. The van der Waals surface area contributed by atoms with Gasteiger partial charge in [-0.2, -0.15) is 0 Å². The van der Waals surface area contributed by atoms with Crippen molar-refractivity contribution in [2.24, 2.45) is 5.41 Å². The van der Waals surface area contributed by atoms with Crippen LogP contribution in [0.2, 0.25) is 0 Å². The van der Waals surface area contributed by atoms with Gasteiger partial charge in [0.05, 0.1) is 13.2 Å². The lowest BCUT2D eigenvalue weighted by molar-refractivity contribution is -0.139. The zero-order valence-electron chi connectivity index (χ0n) is 25.3. The smallest absolute Gasteiger partial charge is 0.333 e. The van der Waals surface area contributed by atoms with E-state index in [9.17, 15) is 15.0 Å². The van der Waals surface area contributed by atoms with Crippen molar-refractivity contribution in [2.75, 3.05) is 26.4 Å². The third-order valence-electron chi connectivity index (χ3n) is 8.03. The van der Waals surface area contributed by atoms with Crippen LogP contribution >= 0.6 is 0 Å². The highest BCUT2D eigenvalue weighted by Crippen LogP contribution is 2.31. The van der Waals surface area contributed by atoms with Crippen molar-refractivity contribution in [1.82, 2.24) is 0 Å². The Hall–Kier alpha value is -3.48. The lowest BCUT2D eigenvalue weighted by atomic mass is 9.81. The van der Waals surface area contributed by atoms with Crippen LogP contribution in [0.1, 0.15) is 62.3 Å². The highest BCUT2D eigenvalue weighted by atomic mass is 19.1. The summed E-state index contributed by atoms with van der Waals surface area (Å²) in [6.07, 6.45) is 5.54. The van der Waals surface area contributed by atoms with Crippen LogP contribution in [0.15, 0.2) is 72.8 Å². The van der Waals surface area contributed by atoms with E-state index in [-0.39, 0.29) is 32.2 Å². The summed E-state index contributed by atoms with van der Waals surface area (Å²) in [5.74, 6) is 0.0544. The van der Waals surface area contributed by atoms with E-state index in [1.54, 1.807) is 13.0 Å². The number of rotatable bonds is 17. The fraction of sp³-hybridized carbons (Fsp3) is 0.417. The standard InChI is InChI=1S/C36H45FO5/c1-5-30-22-28(8-7-19-36(6-2,24-38)25-39)13-17-32(30)33-18-14-29(23-34(33)37)10-9-27-11-15-31(16-12-27)41-20-21-42-35(40)26(3)4/h11-18,22-23,38-39H,3,5-10,19-21,24-25H2,1-2,4H3. The van der Waals surface area contributed by atoms with Crippen LogP contribution in [0.4, 0.5) is 4.39 Å². The van der Waals surface area contributed by atoms with Crippen molar-refractivity contribution in [3.8, 4) is 16.9 Å². The molecule has 0 unspecified atom stereocenters. The van der Waals surface area contributed by atoms with Crippen LogP contribution in [0, 0.1) is 11.2 Å². The normalized spacial score (nSPS) is 11.4. The fourth-order valence-electron chi connectivity index (χ4n) is 5.02. The Balaban J connectivity index is 1.56. The first-order valence-electron chi connectivity index (χ1n) is 14.9. The number of benzene rings is 3. The number of halogens is 1. The summed E-state index contributed by atoms with van der Waals surface area (Å²) < 4.78 is 26.0. The van der Waals surface area contributed by atoms with Crippen molar-refractivity contribution < 1.29 is 28.9 Å². The molecule has 0 aliphatic heterocycles. The van der Waals surface area contributed by atoms with Crippen molar-refractivity contribution in [3.63, 3.8) is 0 Å². The van der Waals surface area contributed by atoms with Gasteiger partial charge >= 0.3 is 5.97 Å². The summed E-state index contributed by atoms with van der Waals surface area (Å²) in [7, 11) is 0. The molecular weight excluding hydrogens is 531 g/mol. The molecule has 2 N–H and O–H groups in total. The molecule has 0 radical (unpaired) electrons. The molecule has 3 aromatic rings. The van der Waals surface area contributed by atoms with Gasteiger partial charge in [-0.3, -0.25) is 0 Å². The Morgan fingerprint density at radius 3 is 2.07 bits per heavy atom. The van der Waals surface area contributed by atoms with Crippen LogP contribution in [0.5, 0.6) is 5.75 Å². The summed E-state index contributed by atoms with van der Waals surface area (Å²) >= 11 is 0. The van der Waals surface area contributed by atoms with Gasteiger partial charge in [0.15, 0.2) is 0 Å². The molecule has 0 spiro atoms. The van der Waals surface area contributed by atoms with Crippen LogP contribution in [0.25, 0.3) is 11.1 Å². The topological polar surface area (TPSA) is 76.0 Å².